The predicted octanol–water partition coefficient (Wildman–Crippen LogP) is 1.91. The smallest absolute Gasteiger partial charge is 0.413 e. The van der Waals surface area contributed by atoms with E-state index in [0.717, 1.165) is 19.2 Å². The first-order valence-electron chi connectivity index (χ1n) is 5.40. The molecule has 1 rings (SSSR count). The molecule has 0 fully saturated rings. The van der Waals surface area contributed by atoms with E-state index < -0.39 is 29.9 Å². The minimum atomic E-state index is -1.29. The molecule has 0 aliphatic rings. The molecule has 1 aromatic rings. The first-order valence-corrected chi connectivity index (χ1v) is 5.77. The van der Waals surface area contributed by atoms with Gasteiger partial charge >= 0.3 is 12.1 Å². The van der Waals surface area contributed by atoms with Gasteiger partial charge in [0.05, 0.1) is 12.7 Å². The Labute approximate surface area is 118 Å². The molecule has 8 heteroatoms. The summed E-state index contributed by atoms with van der Waals surface area (Å²) >= 11 is 5.54. The summed E-state index contributed by atoms with van der Waals surface area (Å²) in [6.07, 6.45) is -2.28. The Morgan fingerprint density at radius 1 is 1.35 bits per heavy atom. The molecule has 0 bridgehead atoms. The van der Waals surface area contributed by atoms with Crippen molar-refractivity contribution in [2.75, 3.05) is 7.11 Å². The molecule has 0 saturated carbocycles. The van der Waals surface area contributed by atoms with Crippen LogP contribution in [0.3, 0.4) is 0 Å². The summed E-state index contributed by atoms with van der Waals surface area (Å²) in [6.45, 7) is 1.23. The number of hydrogen-bond acceptors (Lipinski definition) is 5. The van der Waals surface area contributed by atoms with E-state index in [1.54, 1.807) is 0 Å². The molecule has 0 aromatic heterocycles. The summed E-state index contributed by atoms with van der Waals surface area (Å²) in [5, 5.41) is 1.94. The van der Waals surface area contributed by atoms with Crippen LogP contribution >= 0.6 is 11.6 Å². The molecular weight excluding hydrogens is 293 g/mol. The van der Waals surface area contributed by atoms with E-state index in [0.29, 0.717) is 0 Å². The molecule has 0 aliphatic carbocycles. The topological polar surface area (TPSA) is 81.7 Å². The summed E-state index contributed by atoms with van der Waals surface area (Å²) in [4.78, 5) is 33.9. The maximum absolute atomic E-state index is 13.5. The fraction of sp³-hybridized carbons (Fsp3) is 0.250. The third kappa shape index (κ3) is 4.20. The molecule has 0 aliphatic heterocycles. The van der Waals surface area contributed by atoms with Crippen LogP contribution in [0, 0.1) is 5.82 Å². The van der Waals surface area contributed by atoms with Crippen molar-refractivity contribution in [2.24, 2.45) is 0 Å². The summed E-state index contributed by atoms with van der Waals surface area (Å²) in [6, 6.07) is 3.38. The SMILES string of the molecule is COC(=O)NC(=O)[C@H](C)OC(=O)c1ccc(Cl)cc1F. The maximum Gasteiger partial charge on any atom is 0.413 e. The molecule has 1 atom stereocenters. The molecular formula is C12H11ClFNO5. The first kappa shape index (κ1) is 15.9. The minimum Gasteiger partial charge on any atom is -0.453 e. The number of ether oxygens (including phenoxy) is 2. The van der Waals surface area contributed by atoms with Crippen LogP contribution in [0.5, 0.6) is 0 Å². The van der Waals surface area contributed by atoms with Gasteiger partial charge in [0, 0.05) is 5.02 Å². The van der Waals surface area contributed by atoms with Crippen LogP contribution in [0.2, 0.25) is 5.02 Å². The number of esters is 1. The van der Waals surface area contributed by atoms with Crippen LogP contribution in [0.25, 0.3) is 0 Å². The van der Waals surface area contributed by atoms with Crippen molar-refractivity contribution >= 4 is 29.6 Å². The van der Waals surface area contributed by atoms with Gasteiger partial charge < -0.3 is 9.47 Å². The van der Waals surface area contributed by atoms with E-state index >= 15 is 0 Å². The van der Waals surface area contributed by atoms with Crippen LogP contribution in [-0.2, 0) is 14.3 Å². The third-order valence-corrected chi connectivity index (χ3v) is 2.45. The van der Waals surface area contributed by atoms with E-state index in [2.05, 4.69) is 4.74 Å². The van der Waals surface area contributed by atoms with Gasteiger partial charge in [-0.1, -0.05) is 11.6 Å². The van der Waals surface area contributed by atoms with Crippen molar-refractivity contribution in [3.63, 3.8) is 0 Å². The summed E-state index contributed by atoms with van der Waals surface area (Å²) in [5.41, 5.74) is -0.368. The molecule has 0 spiro atoms. The summed E-state index contributed by atoms with van der Waals surface area (Å²) in [5.74, 6) is -2.81. The van der Waals surface area contributed by atoms with Gasteiger partial charge in [-0.25, -0.2) is 14.0 Å². The van der Waals surface area contributed by atoms with Gasteiger partial charge in [-0.3, -0.25) is 10.1 Å². The fourth-order valence-electron chi connectivity index (χ4n) is 1.19. The van der Waals surface area contributed by atoms with Crippen molar-refractivity contribution in [3.8, 4) is 0 Å². The second kappa shape index (κ2) is 6.85. The van der Waals surface area contributed by atoms with Crippen LogP contribution in [0.15, 0.2) is 18.2 Å². The Morgan fingerprint density at radius 2 is 2.00 bits per heavy atom. The molecule has 1 N–H and O–H groups in total. The number of alkyl carbamates (subject to hydrolysis) is 1. The Balaban J connectivity index is 2.70. The zero-order valence-electron chi connectivity index (χ0n) is 10.6. The average molecular weight is 304 g/mol. The number of nitrogens with one attached hydrogen (secondary N) is 1. The van der Waals surface area contributed by atoms with Crippen molar-refractivity contribution in [3.05, 3.63) is 34.6 Å². The zero-order valence-corrected chi connectivity index (χ0v) is 11.4. The largest absolute Gasteiger partial charge is 0.453 e. The Kier molecular flexibility index (Phi) is 5.45. The lowest BCUT2D eigenvalue weighted by Crippen LogP contribution is -2.39. The number of benzene rings is 1. The monoisotopic (exact) mass is 303 g/mol. The Bertz CT molecular complexity index is 549. The van der Waals surface area contributed by atoms with Gasteiger partial charge in [-0.2, -0.15) is 0 Å². The average Bonchev–Trinajstić information content (AvgIpc) is 2.37. The van der Waals surface area contributed by atoms with Crippen LogP contribution in [0.4, 0.5) is 9.18 Å². The van der Waals surface area contributed by atoms with Crippen LogP contribution in [-0.4, -0.2) is 31.2 Å². The number of halogens is 2. The lowest BCUT2D eigenvalue weighted by Gasteiger charge is -2.12. The van der Waals surface area contributed by atoms with E-state index in [4.69, 9.17) is 16.3 Å². The first-order chi connectivity index (χ1) is 9.35. The normalized spacial score (nSPS) is 11.4. The van der Waals surface area contributed by atoms with Gasteiger partial charge in [0.1, 0.15) is 5.82 Å². The molecule has 108 valence electrons. The number of hydrogen-bond donors (Lipinski definition) is 1. The fourth-order valence-corrected chi connectivity index (χ4v) is 1.34. The van der Waals surface area contributed by atoms with E-state index in [-0.39, 0.29) is 10.6 Å². The quantitative estimate of drug-likeness (QED) is 0.863. The van der Waals surface area contributed by atoms with E-state index in [1.165, 1.54) is 13.0 Å². The number of rotatable bonds is 3. The van der Waals surface area contributed by atoms with Gasteiger partial charge in [0.15, 0.2) is 6.10 Å². The summed E-state index contributed by atoms with van der Waals surface area (Å²) in [7, 11) is 1.07. The second-order valence-corrected chi connectivity index (χ2v) is 4.09. The maximum atomic E-state index is 13.5. The number of amides is 2. The molecule has 0 radical (unpaired) electrons. The lowest BCUT2D eigenvalue weighted by atomic mass is 10.2. The predicted molar refractivity (Wildman–Crippen MR) is 66.8 cm³/mol. The molecule has 1 aromatic carbocycles. The van der Waals surface area contributed by atoms with Gasteiger partial charge in [-0.15, -0.1) is 0 Å². The van der Waals surface area contributed by atoms with E-state index in [9.17, 15) is 18.8 Å². The molecule has 6 nitrogen and oxygen atoms in total. The zero-order chi connectivity index (χ0) is 15.3. The summed E-state index contributed by atoms with van der Waals surface area (Å²) < 4.78 is 22.4. The molecule has 0 unspecified atom stereocenters. The van der Waals surface area contributed by atoms with Crippen molar-refractivity contribution in [1.82, 2.24) is 5.32 Å². The van der Waals surface area contributed by atoms with Crippen molar-refractivity contribution in [1.29, 1.82) is 0 Å². The number of methoxy groups -OCH3 is 1. The highest BCUT2D eigenvalue weighted by atomic mass is 35.5. The second-order valence-electron chi connectivity index (χ2n) is 3.65. The van der Waals surface area contributed by atoms with Gasteiger partial charge in [-0.05, 0) is 25.1 Å². The highest BCUT2D eigenvalue weighted by Crippen LogP contribution is 2.16. The van der Waals surface area contributed by atoms with Gasteiger partial charge in [0.2, 0.25) is 0 Å². The third-order valence-electron chi connectivity index (χ3n) is 2.21. The van der Waals surface area contributed by atoms with Crippen LogP contribution < -0.4 is 5.32 Å². The van der Waals surface area contributed by atoms with Gasteiger partial charge in [0.25, 0.3) is 5.91 Å². The number of carbonyl (C=O) groups is 3. The van der Waals surface area contributed by atoms with Crippen molar-refractivity contribution in [2.45, 2.75) is 13.0 Å². The molecule has 2 amide bonds. The Hall–Kier alpha value is -2.15. The standard InChI is InChI=1S/C12H11ClFNO5/c1-6(10(16)15-12(18)19-2)20-11(17)8-4-3-7(13)5-9(8)14/h3-6H,1-2H3,(H,15,16,18)/t6-/m0/s1. The highest BCUT2D eigenvalue weighted by molar-refractivity contribution is 6.30. The minimum absolute atomic E-state index is 0.121. The Morgan fingerprint density at radius 3 is 2.55 bits per heavy atom. The number of imide groups is 1. The molecule has 0 saturated heterocycles. The lowest BCUT2D eigenvalue weighted by molar-refractivity contribution is -0.128. The van der Waals surface area contributed by atoms with Crippen molar-refractivity contribution < 1.29 is 28.2 Å². The van der Waals surface area contributed by atoms with Crippen LogP contribution in [0.1, 0.15) is 17.3 Å². The highest BCUT2D eigenvalue weighted by Gasteiger charge is 2.22. The number of carbonyl (C=O) groups excluding carboxylic acids is 3. The van der Waals surface area contributed by atoms with E-state index in [1.807, 2.05) is 5.32 Å². The molecule has 20 heavy (non-hydrogen) atoms. The molecule has 0 heterocycles.